The van der Waals surface area contributed by atoms with E-state index in [1.165, 1.54) is 50.8 Å². The van der Waals surface area contributed by atoms with Crippen LogP contribution in [-0.4, -0.2) is 44.8 Å². The highest BCUT2D eigenvalue weighted by atomic mass is 79.9. The topological polar surface area (TPSA) is 115 Å². The second-order valence-corrected chi connectivity index (χ2v) is 9.02. The summed E-state index contributed by atoms with van der Waals surface area (Å²) in [7, 11) is 2.93. The van der Waals surface area contributed by atoms with E-state index < -0.39 is 23.6 Å². The number of hydrazone groups is 1. The monoisotopic (exact) mass is 635 g/mol. The smallest absolute Gasteiger partial charge is 0.343 e. The number of nitrogens with zero attached hydrogens (tertiary/aromatic N) is 1. The molecule has 0 atom stereocenters. The molecule has 0 aliphatic carbocycles. The first-order valence-electron chi connectivity index (χ1n) is 10.5. The van der Waals surface area contributed by atoms with Crippen molar-refractivity contribution in [2.75, 3.05) is 20.8 Å². The molecular formula is C25H20Br2FN3O6. The molecule has 0 saturated heterocycles. The largest absolute Gasteiger partial charge is 0.493 e. The van der Waals surface area contributed by atoms with Crippen molar-refractivity contribution in [3.05, 3.63) is 86.1 Å². The molecule has 12 heteroatoms. The Kier molecular flexibility index (Phi) is 9.75. The third-order valence-electron chi connectivity index (χ3n) is 4.74. The summed E-state index contributed by atoms with van der Waals surface area (Å²) in [6.45, 7) is -0.353. The van der Waals surface area contributed by atoms with Gasteiger partial charge in [-0.25, -0.2) is 14.6 Å². The molecule has 37 heavy (non-hydrogen) atoms. The van der Waals surface area contributed by atoms with E-state index in [1.807, 2.05) is 0 Å². The molecule has 0 unspecified atom stereocenters. The maximum absolute atomic E-state index is 13.5. The van der Waals surface area contributed by atoms with E-state index in [4.69, 9.17) is 14.2 Å². The van der Waals surface area contributed by atoms with Crippen LogP contribution in [0.1, 0.15) is 26.3 Å². The lowest BCUT2D eigenvalue weighted by atomic mass is 10.2. The molecule has 0 aliphatic rings. The summed E-state index contributed by atoms with van der Waals surface area (Å²) in [6.07, 6.45) is 1.26. The number of halogens is 3. The van der Waals surface area contributed by atoms with Crippen LogP contribution < -0.4 is 25.0 Å². The van der Waals surface area contributed by atoms with Crippen molar-refractivity contribution in [3.63, 3.8) is 0 Å². The Morgan fingerprint density at radius 2 is 1.73 bits per heavy atom. The number of nitrogens with one attached hydrogen (secondary N) is 2. The maximum atomic E-state index is 13.5. The van der Waals surface area contributed by atoms with Gasteiger partial charge in [0.15, 0.2) is 17.2 Å². The number of methoxy groups -OCH3 is 2. The molecule has 0 radical (unpaired) electrons. The summed E-state index contributed by atoms with van der Waals surface area (Å²) < 4.78 is 30.3. The normalized spacial score (nSPS) is 10.6. The quantitative estimate of drug-likeness (QED) is 0.155. The van der Waals surface area contributed by atoms with Gasteiger partial charge >= 0.3 is 5.97 Å². The van der Waals surface area contributed by atoms with E-state index in [2.05, 4.69) is 47.7 Å². The standard InChI is InChI=1S/C25H20Br2FN3O6/c1-35-20-7-6-14(10-21(20)36-2)24(33)29-13-22(32)31-30-12-16-8-17(26)11-19(27)23(16)37-25(34)15-4-3-5-18(28)9-15/h3-12H,13H2,1-2H3,(H,29,33)(H,31,32)/b30-12+. The summed E-state index contributed by atoms with van der Waals surface area (Å²) in [5, 5.41) is 6.35. The summed E-state index contributed by atoms with van der Waals surface area (Å²) >= 11 is 6.66. The van der Waals surface area contributed by atoms with Crippen LogP contribution in [0.25, 0.3) is 0 Å². The van der Waals surface area contributed by atoms with E-state index in [-0.39, 0.29) is 23.4 Å². The summed E-state index contributed by atoms with van der Waals surface area (Å²) in [6, 6.07) is 12.9. The van der Waals surface area contributed by atoms with Gasteiger partial charge in [0, 0.05) is 15.6 Å². The van der Waals surface area contributed by atoms with Crippen molar-refractivity contribution in [1.82, 2.24) is 10.7 Å². The van der Waals surface area contributed by atoms with Crippen LogP contribution in [-0.2, 0) is 4.79 Å². The zero-order chi connectivity index (χ0) is 26.9. The Bertz CT molecular complexity index is 1370. The van der Waals surface area contributed by atoms with E-state index in [9.17, 15) is 18.8 Å². The van der Waals surface area contributed by atoms with Gasteiger partial charge in [0.2, 0.25) is 0 Å². The number of carbonyl (C=O) groups excluding carboxylic acids is 3. The third-order valence-corrected chi connectivity index (χ3v) is 5.79. The van der Waals surface area contributed by atoms with Gasteiger partial charge in [-0.2, -0.15) is 5.10 Å². The van der Waals surface area contributed by atoms with E-state index in [0.717, 1.165) is 6.07 Å². The molecule has 2 amide bonds. The Morgan fingerprint density at radius 1 is 0.973 bits per heavy atom. The van der Waals surface area contributed by atoms with Gasteiger partial charge in [-0.15, -0.1) is 0 Å². The number of rotatable bonds is 9. The maximum Gasteiger partial charge on any atom is 0.343 e. The molecule has 0 spiro atoms. The zero-order valence-electron chi connectivity index (χ0n) is 19.5. The predicted molar refractivity (Wildman–Crippen MR) is 141 cm³/mol. The zero-order valence-corrected chi connectivity index (χ0v) is 22.7. The fourth-order valence-corrected chi connectivity index (χ4v) is 4.34. The molecule has 9 nitrogen and oxygen atoms in total. The van der Waals surface area contributed by atoms with Crippen LogP contribution in [0.4, 0.5) is 4.39 Å². The van der Waals surface area contributed by atoms with Crippen molar-refractivity contribution in [3.8, 4) is 17.2 Å². The van der Waals surface area contributed by atoms with Crippen molar-refractivity contribution in [1.29, 1.82) is 0 Å². The number of hydrogen-bond donors (Lipinski definition) is 2. The number of carbonyl (C=O) groups is 3. The Balaban J connectivity index is 1.64. The molecule has 0 aromatic heterocycles. The van der Waals surface area contributed by atoms with Crippen LogP contribution >= 0.6 is 31.9 Å². The third kappa shape index (κ3) is 7.61. The molecular weight excluding hydrogens is 617 g/mol. The number of ether oxygens (including phenoxy) is 3. The van der Waals surface area contributed by atoms with Gasteiger partial charge < -0.3 is 19.5 Å². The van der Waals surface area contributed by atoms with E-state index in [1.54, 1.807) is 18.2 Å². The second kappa shape index (κ2) is 13.0. The first kappa shape index (κ1) is 27.8. The minimum absolute atomic E-state index is 0.0243. The van der Waals surface area contributed by atoms with E-state index >= 15 is 0 Å². The number of esters is 1. The van der Waals surface area contributed by atoms with Gasteiger partial charge in [-0.1, -0.05) is 22.0 Å². The highest BCUT2D eigenvalue weighted by Gasteiger charge is 2.16. The minimum Gasteiger partial charge on any atom is -0.493 e. The Morgan fingerprint density at radius 3 is 2.43 bits per heavy atom. The number of benzene rings is 3. The summed E-state index contributed by atoms with van der Waals surface area (Å²) in [5.41, 5.74) is 2.92. The van der Waals surface area contributed by atoms with Crippen molar-refractivity contribution in [2.24, 2.45) is 5.10 Å². The highest BCUT2D eigenvalue weighted by Crippen LogP contribution is 2.33. The molecule has 0 saturated carbocycles. The molecule has 0 bridgehead atoms. The van der Waals surface area contributed by atoms with Gasteiger partial charge in [-0.05, 0) is 64.5 Å². The van der Waals surface area contributed by atoms with Gasteiger partial charge in [-0.3, -0.25) is 9.59 Å². The molecule has 3 aromatic carbocycles. The van der Waals surface area contributed by atoms with Gasteiger partial charge in [0.05, 0.1) is 37.0 Å². The molecule has 0 fully saturated rings. The molecule has 192 valence electrons. The Hall–Kier alpha value is -3.77. The molecule has 0 aliphatic heterocycles. The fourth-order valence-electron chi connectivity index (χ4n) is 3.00. The molecule has 0 heterocycles. The SMILES string of the molecule is COc1ccc(C(=O)NCC(=O)N/N=C/c2cc(Br)cc(Br)c2OC(=O)c2cccc(F)c2)cc1OC. The van der Waals surface area contributed by atoms with E-state index in [0.29, 0.717) is 26.0 Å². The second-order valence-electron chi connectivity index (χ2n) is 7.25. The van der Waals surface area contributed by atoms with Crippen molar-refractivity contribution in [2.45, 2.75) is 0 Å². The first-order chi connectivity index (χ1) is 17.7. The average Bonchev–Trinajstić information content (AvgIpc) is 2.88. The lowest BCUT2D eigenvalue weighted by Crippen LogP contribution is -2.34. The number of hydrogen-bond acceptors (Lipinski definition) is 7. The minimum atomic E-state index is -0.779. The highest BCUT2D eigenvalue weighted by molar-refractivity contribution is 9.11. The van der Waals surface area contributed by atoms with Crippen LogP contribution in [0.15, 0.2) is 68.6 Å². The number of amides is 2. The fraction of sp³-hybridized carbons (Fsp3) is 0.120. The van der Waals surface area contributed by atoms with Gasteiger partial charge in [0.1, 0.15) is 5.82 Å². The van der Waals surface area contributed by atoms with Crippen molar-refractivity contribution >= 4 is 55.9 Å². The summed E-state index contributed by atoms with van der Waals surface area (Å²) in [5.74, 6) is -1.51. The van der Waals surface area contributed by atoms with Crippen LogP contribution in [0.2, 0.25) is 0 Å². The average molecular weight is 637 g/mol. The van der Waals surface area contributed by atoms with Crippen LogP contribution in [0.3, 0.4) is 0 Å². The lowest BCUT2D eigenvalue weighted by molar-refractivity contribution is -0.120. The molecule has 2 N–H and O–H groups in total. The van der Waals surface area contributed by atoms with Crippen LogP contribution in [0.5, 0.6) is 17.2 Å². The molecule has 3 rings (SSSR count). The molecule has 3 aromatic rings. The van der Waals surface area contributed by atoms with Gasteiger partial charge in [0.25, 0.3) is 11.8 Å². The van der Waals surface area contributed by atoms with Crippen LogP contribution in [0, 0.1) is 5.82 Å². The van der Waals surface area contributed by atoms with Crippen molar-refractivity contribution < 1.29 is 33.0 Å². The summed E-state index contributed by atoms with van der Waals surface area (Å²) in [4.78, 5) is 37.0. The lowest BCUT2D eigenvalue weighted by Gasteiger charge is -2.11. The Labute approximate surface area is 228 Å². The predicted octanol–water partition coefficient (Wildman–Crippen LogP) is 4.47. The first-order valence-corrected chi connectivity index (χ1v) is 12.1.